The van der Waals surface area contributed by atoms with E-state index in [-0.39, 0.29) is 0 Å². The number of aromatic nitrogens is 3. The largest absolute Gasteiger partial charge is 0.386 e. The molecule has 0 radical (unpaired) electrons. The topological polar surface area (TPSA) is 50.9 Å². The Morgan fingerprint density at radius 1 is 1.50 bits per heavy atom. The van der Waals surface area contributed by atoms with Gasteiger partial charge in [0.15, 0.2) is 0 Å². The van der Waals surface area contributed by atoms with Crippen LogP contribution < -0.4 is 0 Å². The Morgan fingerprint density at radius 2 is 2.28 bits per heavy atom. The number of aliphatic hydroxyl groups is 1. The van der Waals surface area contributed by atoms with E-state index in [4.69, 9.17) is 11.6 Å². The Morgan fingerprint density at radius 3 is 2.83 bits per heavy atom. The Hall–Kier alpha value is -0.910. The molecule has 0 aliphatic heterocycles. The number of thiazole rings is 1. The van der Waals surface area contributed by atoms with Crippen molar-refractivity contribution in [3.8, 4) is 0 Å². The highest BCUT2D eigenvalue weighted by molar-refractivity contribution is 7.09. The van der Waals surface area contributed by atoms with E-state index >= 15 is 0 Å². The van der Waals surface area contributed by atoms with Gasteiger partial charge in [-0.25, -0.2) is 4.98 Å². The van der Waals surface area contributed by atoms with Gasteiger partial charge in [0.05, 0.1) is 16.4 Å². The molecule has 6 heteroatoms. The van der Waals surface area contributed by atoms with Crippen molar-refractivity contribution in [3.63, 3.8) is 0 Å². The standard InChI is InChI=1S/C12H16ClN3OS/c1-3-8-11(13)9(16(4-2)15-8)7-10(17)12-14-5-6-18-12/h5-6,10,17H,3-4,7H2,1-2H3. The lowest BCUT2D eigenvalue weighted by Gasteiger charge is -2.09. The third-order valence-corrected chi connectivity index (χ3v) is 4.13. The molecular weight excluding hydrogens is 270 g/mol. The van der Waals surface area contributed by atoms with Crippen molar-refractivity contribution in [1.82, 2.24) is 14.8 Å². The first-order chi connectivity index (χ1) is 8.67. The van der Waals surface area contributed by atoms with Crippen molar-refractivity contribution in [3.05, 3.63) is 33.0 Å². The van der Waals surface area contributed by atoms with Crippen molar-refractivity contribution in [1.29, 1.82) is 0 Å². The molecule has 18 heavy (non-hydrogen) atoms. The Balaban J connectivity index is 2.25. The Bertz CT molecular complexity index is 510. The summed E-state index contributed by atoms with van der Waals surface area (Å²) in [5.74, 6) is 0. The highest BCUT2D eigenvalue weighted by atomic mass is 35.5. The molecule has 0 saturated heterocycles. The molecule has 2 aromatic rings. The van der Waals surface area contributed by atoms with Gasteiger partial charge in [-0.2, -0.15) is 5.10 Å². The molecule has 98 valence electrons. The fraction of sp³-hybridized carbons (Fsp3) is 0.500. The van der Waals surface area contributed by atoms with Crippen LogP contribution in [-0.2, 0) is 19.4 Å². The summed E-state index contributed by atoms with van der Waals surface area (Å²) >= 11 is 7.75. The summed E-state index contributed by atoms with van der Waals surface area (Å²) in [6.07, 6.45) is 2.33. The number of aliphatic hydroxyl groups excluding tert-OH is 1. The molecule has 0 aliphatic rings. The summed E-state index contributed by atoms with van der Waals surface area (Å²) in [7, 11) is 0. The maximum absolute atomic E-state index is 10.1. The number of halogens is 1. The molecular formula is C12H16ClN3OS. The number of nitrogens with zero attached hydrogens (tertiary/aromatic N) is 3. The molecule has 0 fully saturated rings. The zero-order valence-electron chi connectivity index (χ0n) is 10.4. The molecule has 2 rings (SSSR count). The predicted octanol–water partition coefficient (Wildman–Crippen LogP) is 2.85. The molecule has 0 saturated carbocycles. The first-order valence-corrected chi connectivity index (χ1v) is 7.24. The SMILES string of the molecule is CCc1nn(CC)c(CC(O)c2nccs2)c1Cl. The maximum atomic E-state index is 10.1. The van der Waals surface area contributed by atoms with E-state index in [1.165, 1.54) is 11.3 Å². The van der Waals surface area contributed by atoms with Crippen LogP contribution in [0.15, 0.2) is 11.6 Å². The molecule has 4 nitrogen and oxygen atoms in total. The molecule has 1 N–H and O–H groups in total. The normalized spacial score (nSPS) is 12.9. The van der Waals surface area contributed by atoms with Crippen molar-refractivity contribution in [2.45, 2.75) is 39.3 Å². The van der Waals surface area contributed by atoms with Crippen LogP contribution in [0, 0.1) is 0 Å². The average Bonchev–Trinajstić information content (AvgIpc) is 2.99. The number of aryl methyl sites for hydroxylation is 2. The maximum Gasteiger partial charge on any atom is 0.122 e. The van der Waals surface area contributed by atoms with E-state index in [9.17, 15) is 5.11 Å². The first kappa shape index (κ1) is 13.5. The van der Waals surface area contributed by atoms with Crippen LogP contribution in [0.25, 0.3) is 0 Å². The zero-order valence-corrected chi connectivity index (χ0v) is 12.0. The summed E-state index contributed by atoms with van der Waals surface area (Å²) in [4.78, 5) is 4.12. The van der Waals surface area contributed by atoms with Gasteiger partial charge < -0.3 is 5.11 Å². The van der Waals surface area contributed by atoms with Gasteiger partial charge in [-0.15, -0.1) is 11.3 Å². The van der Waals surface area contributed by atoms with Gasteiger partial charge in [0.1, 0.15) is 11.1 Å². The minimum absolute atomic E-state index is 0.452. The van der Waals surface area contributed by atoms with Gasteiger partial charge in [-0.05, 0) is 13.3 Å². The van der Waals surface area contributed by atoms with Crippen LogP contribution in [-0.4, -0.2) is 19.9 Å². The predicted molar refractivity (Wildman–Crippen MR) is 73.1 cm³/mol. The van der Waals surface area contributed by atoms with Gasteiger partial charge in [-0.1, -0.05) is 18.5 Å². The lowest BCUT2D eigenvalue weighted by molar-refractivity contribution is 0.175. The summed E-state index contributed by atoms with van der Waals surface area (Å²) in [6.45, 7) is 4.79. The first-order valence-electron chi connectivity index (χ1n) is 5.98. The third kappa shape index (κ3) is 2.58. The fourth-order valence-corrected chi connectivity index (χ4v) is 2.85. The van der Waals surface area contributed by atoms with Crippen molar-refractivity contribution in [2.75, 3.05) is 0 Å². The van der Waals surface area contributed by atoms with Crippen LogP contribution in [0.1, 0.15) is 36.3 Å². The van der Waals surface area contributed by atoms with Crippen LogP contribution in [0.4, 0.5) is 0 Å². The Kier molecular flexibility index (Phi) is 4.37. The number of rotatable bonds is 5. The van der Waals surface area contributed by atoms with Crippen molar-refractivity contribution >= 4 is 22.9 Å². The number of hydrogen-bond donors (Lipinski definition) is 1. The lowest BCUT2D eigenvalue weighted by atomic mass is 10.2. The monoisotopic (exact) mass is 285 g/mol. The van der Waals surface area contributed by atoms with Gasteiger partial charge in [0.25, 0.3) is 0 Å². The second-order valence-electron chi connectivity index (χ2n) is 3.97. The van der Waals surface area contributed by atoms with E-state index in [1.54, 1.807) is 6.20 Å². The highest BCUT2D eigenvalue weighted by Gasteiger charge is 2.19. The molecule has 1 atom stereocenters. The molecule has 0 aliphatic carbocycles. The van der Waals surface area contributed by atoms with E-state index in [0.29, 0.717) is 16.5 Å². The van der Waals surface area contributed by atoms with Crippen LogP contribution in [0.5, 0.6) is 0 Å². The second kappa shape index (κ2) is 5.82. The molecule has 2 aromatic heterocycles. The van der Waals surface area contributed by atoms with Gasteiger partial charge >= 0.3 is 0 Å². The van der Waals surface area contributed by atoms with E-state index in [2.05, 4.69) is 10.1 Å². The third-order valence-electron chi connectivity index (χ3n) is 2.82. The fourth-order valence-electron chi connectivity index (χ4n) is 1.88. The summed E-state index contributed by atoms with van der Waals surface area (Å²) in [6, 6.07) is 0. The quantitative estimate of drug-likeness (QED) is 0.919. The van der Waals surface area contributed by atoms with Crippen LogP contribution in [0.2, 0.25) is 5.02 Å². The van der Waals surface area contributed by atoms with Gasteiger partial charge in [-0.3, -0.25) is 4.68 Å². The zero-order chi connectivity index (χ0) is 13.1. The van der Waals surface area contributed by atoms with E-state index in [1.807, 2.05) is 23.9 Å². The number of hydrogen-bond acceptors (Lipinski definition) is 4. The van der Waals surface area contributed by atoms with Crippen molar-refractivity contribution < 1.29 is 5.11 Å². The summed E-state index contributed by atoms with van der Waals surface area (Å²) in [5, 5.41) is 17.8. The summed E-state index contributed by atoms with van der Waals surface area (Å²) < 4.78 is 1.86. The molecule has 0 aromatic carbocycles. The van der Waals surface area contributed by atoms with Crippen molar-refractivity contribution in [2.24, 2.45) is 0 Å². The Labute approximate surface area is 115 Å². The minimum Gasteiger partial charge on any atom is -0.386 e. The average molecular weight is 286 g/mol. The van der Waals surface area contributed by atoms with Gasteiger partial charge in [0.2, 0.25) is 0 Å². The lowest BCUT2D eigenvalue weighted by Crippen LogP contribution is -2.08. The second-order valence-corrected chi connectivity index (χ2v) is 5.27. The smallest absolute Gasteiger partial charge is 0.122 e. The minimum atomic E-state index is -0.616. The van der Waals surface area contributed by atoms with E-state index in [0.717, 1.165) is 24.4 Å². The molecule has 0 bridgehead atoms. The van der Waals surface area contributed by atoms with E-state index < -0.39 is 6.10 Å². The molecule has 1 unspecified atom stereocenters. The van der Waals surface area contributed by atoms with Crippen LogP contribution in [0.3, 0.4) is 0 Å². The molecule has 0 spiro atoms. The highest BCUT2D eigenvalue weighted by Crippen LogP contribution is 2.27. The summed E-state index contributed by atoms with van der Waals surface area (Å²) in [5.41, 5.74) is 1.78. The molecule has 0 amide bonds. The van der Waals surface area contributed by atoms with Crippen LogP contribution >= 0.6 is 22.9 Å². The molecule has 2 heterocycles. The van der Waals surface area contributed by atoms with Gasteiger partial charge in [0, 0.05) is 24.5 Å².